The zero-order valence-corrected chi connectivity index (χ0v) is 26.1. The molecule has 220 valence electrons. The summed E-state index contributed by atoms with van der Waals surface area (Å²) < 4.78 is 11.2. The topological polar surface area (TPSA) is 52.6 Å². The van der Waals surface area contributed by atoms with Gasteiger partial charge in [-0.3, -0.25) is 9.59 Å². The molecule has 0 N–H and O–H groups in total. The van der Waals surface area contributed by atoms with E-state index in [0.29, 0.717) is 26.1 Å². The molecule has 0 aromatic carbocycles. The minimum Gasteiger partial charge on any atom is -0.465 e. The summed E-state index contributed by atoms with van der Waals surface area (Å²) >= 11 is 0. The third-order valence-electron chi connectivity index (χ3n) is 7.68. The molecule has 0 spiro atoms. The first-order chi connectivity index (χ1) is 17.6. The monoisotopic (exact) mass is 524 g/mol. The Morgan fingerprint density at radius 2 is 0.973 bits per heavy atom. The fraction of sp³-hybridized carbons (Fsp3) is 0.939. The molecule has 0 rings (SSSR count). The maximum atomic E-state index is 12.9. The average molecular weight is 525 g/mol. The van der Waals surface area contributed by atoms with Crippen LogP contribution in [0.4, 0.5) is 0 Å². The smallest absolute Gasteiger partial charge is 0.323 e. The van der Waals surface area contributed by atoms with Crippen LogP contribution in [0.5, 0.6) is 0 Å². The molecule has 0 saturated carbocycles. The van der Waals surface area contributed by atoms with E-state index in [-0.39, 0.29) is 11.3 Å². The van der Waals surface area contributed by atoms with Crippen molar-refractivity contribution in [2.75, 3.05) is 13.2 Å². The molecule has 0 aliphatic heterocycles. The van der Waals surface area contributed by atoms with Crippen LogP contribution in [0.3, 0.4) is 0 Å². The maximum Gasteiger partial charge on any atom is 0.323 e. The second-order valence-corrected chi connectivity index (χ2v) is 12.7. The largest absolute Gasteiger partial charge is 0.465 e. The molecular weight excluding hydrogens is 460 g/mol. The van der Waals surface area contributed by atoms with Crippen molar-refractivity contribution in [1.82, 2.24) is 0 Å². The van der Waals surface area contributed by atoms with Crippen LogP contribution in [-0.4, -0.2) is 25.2 Å². The predicted molar refractivity (Wildman–Crippen MR) is 158 cm³/mol. The highest BCUT2D eigenvalue weighted by atomic mass is 16.6. The lowest BCUT2D eigenvalue weighted by atomic mass is 9.82. The van der Waals surface area contributed by atoms with Crippen LogP contribution in [0.25, 0.3) is 0 Å². The number of carbonyl (C=O) groups excluding carboxylic acids is 2. The van der Waals surface area contributed by atoms with Crippen molar-refractivity contribution in [3.63, 3.8) is 0 Å². The van der Waals surface area contributed by atoms with Gasteiger partial charge >= 0.3 is 11.9 Å². The molecule has 0 radical (unpaired) electrons. The first-order valence-corrected chi connectivity index (χ1v) is 16.0. The van der Waals surface area contributed by atoms with Crippen molar-refractivity contribution in [2.45, 2.75) is 170 Å². The number of unbranched alkanes of at least 4 members (excludes halogenated alkanes) is 15. The Morgan fingerprint density at radius 3 is 1.35 bits per heavy atom. The van der Waals surface area contributed by atoms with E-state index >= 15 is 0 Å². The highest BCUT2D eigenvalue weighted by Gasteiger charge is 2.46. The van der Waals surface area contributed by atoms with E-state index in [1.165, 1.54) is 89.9 Å². The number of ether oxygens (including phenoxy) is 2. The van der Waals surface area contributed by atoms with Gasteiger partial charge in [0.05, 0.1) is 13.2 Å². The van der Waals surface area contributed by atoms with E-state index in [4.69, 9.17) is 9.47 Å². The van der Waals surface area contributed by atoms with Crippen LogP contribution in [0, 0.1) is 16.7 Å². The van der Waals surface area contributed by atoms with Crippen molar-refractivity contribution in [3.8, 4) is 0 Å². The molecule has 0 amide bonds. The van der Waals surface area contributed by atoms with E-state index in [2.05, 4.69) is 34.6 Å². The summed E-state index contributed by atoms with van der Waals surface area (Å²) in [4.78, 5) is 25.8. The number of rotatable bonds is 24. The maximum absolute atomic E-state index is 12.9. The summed E-state index contributed by atoms with van der Waals surface area (Å²) in [5.74, 6) is -0.571. The zero-order valence-electron chi connectivity index (χ0n) is 26.1. The number of hydrogen-bond donors (Lipinski definition) is 0. The van der Waals surface area contributed by atoms with Gasteiger partial charge in [0.1, 0.15) is 0 Å². The molecule has 4 nitrogen and oxygen atoms in total. The van der Waals surface area contributed by atoms with Gasteiger partial charge in [0.15, 0.2) is 5.41 Å². The Hall–Kier alpha value is -1.06. The van der Waals surface area contributed by atoms with Crippen LogP contribution < -0.4 is 0 Å². The Bertz CT molecular complexity index is 559. The fourth-order valence-corrected chi connectivity index (χ4v) is 5.32. The van der Waals surface area contributed by atoms with Crippen LogP contribution in [-0.2, 0) is 19.1 Å². The van der Waals surface area contributed by atoms with Gasteiger partial charge in [-0.15, -0.1) is 0 Å². The quantitative estimate of drug-likeness (QED) is 0.0716. The van der Waals surface area contributed by atoms with E-state index in [1.54, 1.807) is 0 Å². The van der Waals surface area contributed by atoms with Gasteiger partial charge in [-0.25, -0.2) is 0 Å². The third-order valence-corrected chi connectivity index (χ3v) is 7.68. The van der Waals surface area contributed by atoms with E-state index in [1.807, 2.05) is 13.8 Å². The first-order valence-electron chi connectivity index (χ1n) is 16.0. The predicted octanol–water partition coefficient (Wildman–Crippen LogP) is 10.2. The lowest BCUT2D eigenvalue weighted by molar-refractivity contribution is -0.174. The Kier molecular flexibility index (Phi) is 21.2. The summed E-state index contributed by atoms with van der Waals surface area (Å²) in [6, 6.07) is 0. The number of hydrogen-bond acceptors (Lipinski definition) is 4. The summed E-state index contributed by atoms with van der Waals surface area (Å²) in [6.45, 7) is 15.4. The third kappa shape index (κ3) is 18.0. The zero-order chi connectivity index (χ0) is 28.0. The molecule has 1 atom stereocenters. The molecule has 0 aliphatic carbocycles. The molecular formula is C33H64O4. The summed E-state index contributed by atoms with van der Waals surface area (Å²) in [5, 5.41) is 0. The highest BCUT2D eigenvalue weighted by molar-refractivity contribution is 6.00. The molecule has 0 heterocycles. The van der Waals surface area contributed by atoms with Crippen LogP contribution in [0.15, 0.2) is 0 Å². The lowest BCUT2D eigenvalue weighted by Gasteiger charge is -2.28. The Labute approximate surface area is 231 Å². The molecule has 1 unspecified atom stereocenters. The number of esters is 2. The van der Waals surface area contributed by atoms with Gasteiger partial charge in [0, 0.05) is 0 Å². The van der Waals surface area contributed by atoms with Gasteiger partial charge in [-0.1, -0.05) is 145 Å². The van der Waals surface area contributed by atoms with Crippen molar-refractivity contribution in [3.05, 3.63) is 0 Å². The van der Waals surface area contributed by atoms with E-state index in [0.717, 1.165) is 19.3 Å². The standard InChI is InChI=1S/C33H64O4/c1-8-11-12-13-14-15-16-17-18-19-20-21-22-23-24-25-26-36-30(34)33(9-2,10-3)31(35)37-28-29(4)27-32(5,6)7/h29H,8-28H2,1-7H3. The van der Waals surface area contributed by atoms with Gasteiger partial charge in [-0.05, 0) is 37.0 Å². The van der Waals surface area contributed by atoms with Crippen LogP contribution >= 0.6 is 0 Å². The van der Waals surface area contributed by atoms with E-state index < -0.39 is 17.4 Å². The van der Waals surface area contributed by atoms with Gasteiger partial charge in [0.2, 0.25) is 0 Å². The molecule has 0 fully saturated rings. The Balaban J connectivity index is 3.92. The van der Waals surface area contributed by atoms with Gasteiger partial charge < -0.3 is 9.47 Å². The first kappa shape index (κ1) is 35.9. The normalized spacial score (nSPS) is 12.9. The van der Waals surface area contributed by atoms with Gasteiger partial charge in [-0.2, -0.15) is 0 Å². The van der Waals surface area contributed by atoms with Crippen molar-refractivity contribution >= 4 is 11.9 Å². The average Bonchev–Trinajstić information content (AvgIpc) is 2.84. The summed E-state index contributed by atoms with van der Waals surface area (Å²) in [7, 11) is 0. The second kappa shape index (κ2) is 21.8. The number of carbonyl (C=O) groups is 2. The summed E-state index contributed by atoms with van der Waals surface area (Å²) in [5.41, 5.74) is -0.985. The molecule has 37 heavy (non-hydrogen) atoms. The minimum atomic E-state index is -1.17. The summed E-state index contributed by atoms with van der Waals surface area (Å²) in [6.07, 6.45) is 22.8. The van der Waals surface area contributed by atoms with Crippen LogP contribution in [0.1, 0.15) is 170 Å². The van der Waals surface area contributed by atoms with Gasteiger partial charge in [0.25, 0.3) is 0 Å². The van der Waals surface area contributed by atoms with Crippen molar-refractivity contribution < 1.29 is 19.1 Å². The van der Waals surface area contributed by atoms with Crippen molar-refractivity contribution in [1.29, 1.82) is 0 Å². The minimum absolute atomic E-state index is 0.185. The molecule has 0 saturated heterocycles. The molecule has 0 aromatic rings. The van der Waals surface area contributed by atoms with E-state index in [9.17, 15) is 9.59 Å². The second-order valence-electron chi connectivity index (χ2n) is 12.7. The molecule has 0 aromatic heterocycles. The molecule has 0 bridgehead atoms. The SMILES string of the molecule is CCCCCCCCCCCCCCCCCCOC(=O)C(CC)(CC)C(=O)OCC(C)CC(C)(C)C. The fourth-order valence-electron chi connectivity index (χ4n) is 5.32. The van der Waals surface area contributed by atoms with Crippen molar-refractivity contribution in [2.24, 2.45) is 16.7 Å². The lowest BCUT2D eigenvalue weighted by Crippen LogP contribution is -2.41. The Morgan fingerprint density at radius 1 is 0.595 bits per heavy atom. The van der Waals surface area contributed by atoms with Crippen LogP contribution in [0.2, 0.25) is 0 Å². The molecule has 0 aliphatic rings. The highest BCUT2D eigenvalue weighted by Crippen LogP contribution is 2.31. The molecule has 4 heteroatoms.